The number of alkyl carbamates (subject to hydrolysis) is 1. The first-order valence-electron chi connectivity index (χ1n) is 6.74. The van der Waals surface area contributed by atoms with Crippen LogP contribution in [0.2, 0.25) is 0 Å². The van der Waals surface area contributed by atoms with Gasteiger partial charge in [-0.3, -0.25) is 9.59 Å². The zero-order chi connectivity index (χ0) is 16.6. The summed E-state index contributed by atoms with van der Waals surface area (Å²) in [5, 5.41) is 22.9. The van der Waals surface area contributed by atoms with Crippen LogP contribution in [0.1, 0.15) is 40.5 Å². The van der Waals surface area contributed by atoms with Crippen molar-refractivity contribution >= 4 is 18.0 Å². The fourth-order valence-electron chi connectivity index (χ4n) is 1.53. The molecule has 0 saturated carbocycles. The highest BCUT2D eigenvalue weighted by Gasteiger charge is 2.28. The van der Waals surface area contributed by atoms with Gasteiger partial charge in [0.05, 0.1) is 6.04 Å². The first kappa shape index (κ1) is 19.2. The number of aliphatic hydroxyl groups excluding tert-OH is 1. The molecule has 0 bridgehead atoms. The lowest BCUT2D eigenvalue weighted by atomic mass is 10.1. The maximum Gasteiger partial charge on any atom is 0.407 e. The zero-order valence-corrected chi connectivity index (χ0v) is 12.8. The average molecular weight is 304 g/mol. The van der Waals surface area contributed by atoms with Crippen LogP contribution in [0.25, 0.3) is 0 Å². The Morgan fingerprint density at radius 3 is 2.24 bits per heavy atom. The van der Waals surface area contributed by atoms with Crippen LogP contribution in [0.4, 0.5) is 4.79 Å². The molecule has 0 aromatic rings. The van der Waals surface area contributed by atoms with Crippen LogP contribution < -0.4 is 10.6 Å². The molecule has 0 aliphatic heterocycles. The molecule has 21 heavy (non-hydrogen) atoms. The number of carbonyl (C=O) groups excluding carboxylic acids is 2. The quantitative estimate of drug-likeness (QED) is 0.534. The number of ether oxygens (including phenoxy) is 1. The number of rotatable bonds is 7. The second kappa shape index (κ2) is 8.46. The summed E-state index contributed by atoms with van der Waals surface area (Å²) in [7, 11) is 0. The van der Waals surface area contributed by atoms with Gasteiger partial charge >= 0.3 is 12.1 Å². The summed E-state index contributed by atoms with van der Waals surface area (Å²) in [5.41, 5.74) is -0.697. The number of carboxylic acid groups (broad SMARTS) is 1. The third kappa shape index (κ3) is 8.85. The molecule has 0 radical (unpaired) electrons. The Bertz CT molecular complexity index is 377. The van der Waals surface area contributed by atoms with E-state index in [9.17, 15) is 19.5 Å². The van der Waals surface area contributed by atoms with Crippen molar-refractivity contribution in [3.8, 4) is 0 Å². The number of aliphatic carboxylic acids is 1. The molecular formula is C13H24N2O6. The molecule has 0 heterocycles. The van der Waals surface area contributed by atoms with E-state index in [0.29, 0.717) is 12.8 Å². The van der Waals surface area contributed by atoms with Gasteiger partial charge in [-0.15, -0.1) is 0 Å². The maximum atomic E-state index is 11.7. The summed E-state index contributed by atoms with van der Waals surface area (Å²) in [6, 6.07) is -0.848. The highest BCUT2D eigenvalue weighted by molar-refractivity contribution is 5.85. The number of aliphatic hydroxyl groups is 1. The van der Waals surface area contributed by atoms with Crippen molar-refractivity contribution in [2.24, 2.45) is 0 Å². The molecular weight excluding hydrogens is 280 g/mol. The van der Waals surface area contributed by atoms with E-state index in [1.54, 1.807) is 20.8 Å². The fraction of sp³-hybridized carbons (Fsp3) is 0.769. The van der Waals surface area contributed by atoms with Gasteiger partial charge in [-0.1, -0.05) is 13.3 Å². The van der Waals surface area contributed by atoms with E-state index < -0.39 is 42.3 Å². The van der Waals surface area contributed by atoms with E-state index >= 15 is 0 Å². The van der Waals surface area contributed by atoms with Crippen LogP contribution in [0.3, 0.4) is 0 Å². The van der Waals surface area contributed by atoms with Gasteiger partial charge in [-0.25, -0.2) is 4.79 Å². The molecule has 122 valence electrons. The standard InChI is InChI=1S/C13H24N2O6/c1-5-6-8(15-12(20)21-13(2,3)4)10(18)11(19)14-7-9(16)17/h8,10,18H,5-7H2,1-4H3,(H,14,19)(H,15,20)(H,16,17). The SMILES string of the molecule is CCCC(NC(=O)OC(C)(C)C)C(O)C(=O)NCC(=O)O. The molecule has 4 N–H and O–H groups in total. The van der Waals surface area contributed by atoms with Crippen LogP contribution in [0.5, 0.6) is 0 Å². The zero-order valence-electron chi connectivity index (χ0n) is 12.8. The van der Waals surface area contributed by atoms with E-state index in [-0.39, 0.29) is 0 Å². The van der Waals surface area contributed by atoms with Crippen LogP contribution in [0, 0.1) is 0 Å². The van der Waals surface area contributed by atoms with Crippen molar-refractivity contribution in [1.82, 2.24) is 10.6 Å². The van der Waals surface area contributed by atoms with Crippen LogP contribution >= 0.6 is 0 Å². The van der Waals surface area contributed by atoms with E-state index in [0.717, 1.165) is 0 Å². The van der Waals surface area contributed by atoms with Gasteiger partial charge in [0.1, 0.15) is 12.1 Å². The lowest BCUT2D eigenvalue weighted by Gasteiger charge is -2.25. The highest BCUT2D eigenvalue weighted by Crippen LogP contribution is 2.09. The Morgan fingerprint density at radius 1 is 1.24 bits per heavy atom. The monoisotopic (exact) mass is 304 g/mol. The molecule has 0 fully saturated rings. The summed E-state index contributed by atoms with van der Waals surface area (Å²) in [6.07, 6.45) is -1.33. The molecule has 8 nitrogen and oxygen atoms in total. The summed E-state index contributed by atoms with van der Waals surface area (Å²) < 4.78 is 5.06. The fourth-order valence-corrected chi connectivity index (χ4v) is 1.53. The highest BCUT2D eigenvalue weighted by atomic mass is 16.6. The Balaban J connectivity index is 4.61. The summed E-state index contributed by atoms with van der Waals surface area (Å²) in [4.78, 5) is 33.7. The molecule has 0 aromatic heterocycles. The summed E-state index contributed by atoms with van der Waals surface area (Å²) in [6.45, 7) is 6.30. The molecule has 2 unspecified atom stereocenters. The minimum Gasteiger partial charge on any atom is -0.480 e. The van der Waals surface area contributed by atoms with E-state index in [1.807, 2.05) is 6.92 Å². The van der Waals surface area contributed by atoms with Crippen LogP contribution in [-0.4, -0.2) is 52.5 Å². The third-order valence-electron chi connectivity index (χ3n) is 2.37. The van der Waals surface area contributed by atoms with E-state index in [4.69, 9.17) is 9.84 Å². The van der Waals surface area contributed by atoms with Crippen molar-refractivity contribution in [1.29, 1.82) is 0 Å². The predicted molar refractivity (Wildman–Crippen MR) is 74.7 cm³/mol. The van der Waals surface area contributed by atoms with Gasteiger partial charge in [0, 0.05) is 0 Å². The van der Waals surface area contributed by atoms with Gasteiger partial charge in [-0.2, -0.15) is 0 Å². The van der Waals surface area contributed by atoms with E-state index in [2.05, 4.69) is 10.6 Å². The largest absolute Gasteiger partial charge is 0.480 e. The normalized spacial score (nSPS) is 14.0. The summed E-state index contributed by atoms with van der Waals surface area (Å²) in [5.74, 6) is -2.07. The Kier molecular flexibility index (Phi) is 7.72. The van der Waals surface area contributed by atoms with Crippen molar-refractivity contribution in [3.63, 3.8) is 0 Å². The Labute approximate surface area is 123 Å². The minimum atomic E-state index is -1.54. The first-order chi connectivity index (χ1) is 9.56. The lowest BCUT2D eigenvalue weighted by Crippen LogP contribution is -2.52. The number of carbonyl (C=O) groups is 3. The summed E-state index contributed by atoms with van der Waals surface area (Å²) >= 11 is 0. The number of hydrogen-bond donors (Lipinski definition) is 4. The molecule has 0 rings (SSSR count). The number of hydrogen-bond acceptors (Lipinski definition) is 5. The first-order valence-corrected chi connectivity index (χ1v) is 6.74. The van der Waals surface area contributed by atoms with Crippen molar-refractivity contribution in [2.45, 2.75) is 58.3 Å². The predicted octanol–water partition coefficient (Wildman–Crippen LogP) is 0.242. The molecule has 0 aliphatic carbocycles. The molecule has 8 heteroatoms. The van der Waals surface area contributed by atoms with E-state index in [1.165, 1.54) is 0 Å². The van der Waals surface area contributed by atoms with Gasteiger partial charge in [0.25, 0.3) is 5.91 Å². The van der Waals surface area contributed by atoms with Gasteiger partial charge < -0.3 is 25.6 Å². The van der Waals surface area contributed by atoms with Crippen molar-refractivity contribution < 1.29 is 29.3 Å². The van der Waals surface area contributed by atoms with Crippen molar-refractivity contribution in [3.05, 3.63) is 0 Å². The smallest absolute Gasteiger partial charge is 0.407 e. The molecule has 2 atom stereocenters. The number of amides is 2. The van der Waals surface area contributed by atoms with Crippen molar-refractivity contribution in [2.75, 3.05) is 6.54 Å². The second-order valence-electron chi connectivity index (χ2n) is 5.60. The van der Waals surface area contributed by atoms with Gasteiger partial charge in [0.15, 0.2) is 6.10 Å². The van der Waals surface area contributed by atoms with Gasteiger partial charge in [0.2, 0.25) is 0 Å². The molecule has 0 aromatic carbocycles. The minimum absolute atomic E-state index is 0.348. The molecule has 0 spiro atoms. The molecule has 0 aliphatic rings. The number of nitrogens with one attached hydrogen (secondary N) is 2. The Hall–Kier alpha value is -1.83. The second-order valence-corrected chi connectivity index (χ2v) is 5.60. The maximum absolute atomic E-state index is 11.7. The van der Waals surface area contributed by atoms with Crippen LogP contribution in [0.15, 0.2) is 0 Å². The Morgan fingerprint density at radius 2 is 1.81 bits per heavy atom. The third-order valence-corrected chi connectivity index (χ3v) is 2.37. The average Bonchev–Trinajstić information content (AvgIpc) is 2.32. The topological polar surface area (TPSA) is 125 Å². The van der Waals surface area contributed by atoms with Gasteiger partial charge in [-0.05, 0) is 27.2 Å². The molecule has 2 amide bonds. The lowest BCUT2D eigenvalue weighted by molar-refractivity contribution is -0.140. The number of carboxylic acids is 1. The van der Waals surface area contributed by atoms with Crippen LogP contribution in [-0.2, 0) is 14.3 Å². The molecule has 0 saturated heterocycles.